The van der Waals surface area contributed by atoms with Gasteiger partial charge in [-0.3, -0.25) is 4.79 Å². The van der Waals surface area contributed by atoms with Gasteiger partial charge in [0.25, 0.3) is 5.91 Å². The maximum atomic E-state index is 12.8. The fraction of sp³-hybridized carbons (Fsp3) is 0.438. The van der Waals surface area contributed by atoms with E-state index in [2.05, 4.69) is 11.0 Å². The number of carbonyl (C=O) groups excluding carboxylic acids is 1. The van der Waals surface area contributed by atoms with Crippen molar-refractivity contribution in [3.05, 3.63) is 35.5 Å². The Morgan fingerprint density at radius 3 is 2.67 bits per heavy atom. The molecule has 0 bridgehead atoms. The average molecular weight is 287 g/mol. The van der Waals surface area contributed by atoms with Crippen LogP contribution in [0.4, 0.5) is 11.4 Å². The minimum absolute atomic E-state index is 0.0796. The predicted octanol–water partition coefficient (Wildman–Crippen LogP) is 1.53. The molecule has 0 unspecified atom stereocenters. The number of nitrogen functional groups attached to an aromatic ring is 1. The number of nitrogens with two attached hydrogens (primary N) is 1. The summed E-state index contributed by atoms with van der Waals surface area (Å²) in [5.74, 6) is 0.0796. The Labute approximate surface area is 125 Å². The lowest BCUT2D eigenvalue weighted by atomic mass is 10.1. The molecule has 112 valence electrons. The largest absolute Gasteiger partial charge is 0.399 e. The summed E-state index contributed by atoms with van der Waals surface area (Å²) >= 11 is 0. The highest BCUT2D eigenvalue weighted by Gasteiger charge is 2.28. The highest BCUT2D eigenvalue weighted by Crippen LogP contribution is 2.27. The van der Waals surface area contributed by atoms with E-state index in [0.29, 0.717) is 13.2 Å². The van der Waals surface area contributed by atoms with Gasteiger partial charge in [0, 0.05) is 31.0 Å². The van der Waals surface area contributed by atoms with Gasteiger partial charge in [0.15, 0.2) is 0 Å². The molecule has 2 aliphatic heterocycles. The molecule has 5 nitrogen and oxygen atoms in total. The molecule has 1 saturated heterocycles. The van der Waals surface area contributed by atoms with Crippen LogP contribution in [0, 0.1) is 6.92 Å². The van der Waals surface area contributed by atoms with Crippen LogP contribution in [0.25, 0.3) is 0 Å². The summed E-state index contributed by atoms with van der Waals surface area (Å²) in [6, 6.07) is 5.70. The maximum Gasteiger partial charge on any atom is 0.274 e. The molecule has 1 aromatic carbocycles. The quantitative estimate of drug-likeness (QED) is 0.838. The lowest BCUT2D eigenvalue weighted by Crippen LogP contribution is -2.45. The Hall–Kier alpha value is -2.01. The van der Waals surface area contributed by atoms with Gasteiger partial charge in [0.1, 0.15) is 0 Å². The van der Waals surface area contributed by atoms with Crippen LogP contribution in [0.1, 0.15) is 12.0 Å². The number of amides is 1. The van der Waals surface area contributed by atoms with Gasteiger partial charge in [0.05, 0.1) is 18.9 Å². The normalized spacial score (nSPS) is 19.7. The van der Waals surface area contributed by atoms with Gasteiger partial charge in [-0.2, -0.15) is 0 Å². The Morgan fingerprint density at radius 1 is 1.19 bits per heavy atom. The summed E-state index contributed by atoms with van der Waals surface area (Å²) in [5.41, 5.74) is 9.32. The first-order chi connectivity index (χ1) is 10.2. The second kappa shape index (κ2) is 5.77. The van der Waals surface area contributed by atoms with Crippen LogP contribution >= 0.6 is 0 Å². The van der Waals surface area contributed by atoms with E-state index in [0.717, 1.165) is 48.7 Å². The molecule has 0 radical (unpaired) electrons. The van der Waals surface area contributed by atoms with E-state index in [4.69, 9.17) is 10.5 Å². The molecule has 0 aromatic heterocycles. The van der Waals surface area contributed by atoms with Crippen molar-refractivity contribution in [1.29, 1.82) is 0 Å². The fourth-order valence-electron chi connectivity index (χ4n) is 2.94. The van der Waals surface area contributed by atoms with Crippen molar-refractivity contribution in [2.45, 2.75) is 13.3 Å². The van der Waals surface area contributed by atoms with Gasteiger partial charge in [-0.1, -0.05) is 6.08 Å². The molecule has 21 heavy (non-hydrogen) atoms. The molecule has 0 atom stereocenters. The molecule has 2 N–H and O–H groups in total. The first kappa shape index (κ1) is 13.9. The second-order valence-corrected chi connectivity index (χ2v) is 5.48. The van der Waals surface area contributed by atoms with Crippen LogP contribution in [-0.2, 0) is 9.53 Å². The molecular formula is C16H21N3O2. The van der Waals surface area contributed by atoms with E-state index in [1.54, 1.807) is 0 Å². The molecule has 2 aliphatic rings. The number of nitrogens with zero attached hydrogens (tertiary/aromatic N) is 2. The summed E-state index contributed by atoms with van der Waals surface area (Å²) in [6.45, 7) is 5.65. The van der Waals surface area contributed by atoms with E-state index in [9.17, 15) is 4.79 Å². The minimum Gasteiger partial charge on any atom is -0.399 e. The minimum atomic E-state index is 0.0796. The number of hydrogen-bond acceptors (Lipinski definition) is 4. The zero-order valence-corrected chi connectivity index (χ0v) is 12.3. The fourth-order valence-corrected chi connectivity index (χ4v) is 2.94. The molecule has 5 heteroatoms. The van der Waals surface area contributed by atoms with Gasteiger partial charge < -0.3 is 20.3 Å². The Balaban J connectivity index is 1.85. The van der Waals surface area contributed by atoms with Gasteiger partial charge in [-0.15, -0.1) is 0 Å². The van der Waals surface area contributed by atoms with E-state index in [-0.39, 0.29) is 5.91 Å². The van der Waals surface area contributed by atoms with Crippen LogP contribution in [0.5, 0.6) is 0 Å². The van der Waals surface area contributed by atoms with Crippen molar-refractivity contribution in [2.24, 2.45) is 0 Å². The smallest absolute Gasteiger partial charge is 0.274 e. The van der Waals surface area contributed by atoms with Gasteiger partial charge >= 0.3 is 0 Å². The summed E-state index contributed by atoms with van der Waals surface area (Å²) < 4.78 is 5.36. The Kier molecular flexibility index (Phi) is 3.84. The third-order valence-corrected chi connectivity index (χ3v) is 4.02. The van der Waals surface area contributed by atoms with Crippen molar-refractivity contribution in [3.8, 4) is 0 Å². The summed E-state index contributed by atoms with van der Waals surface area (Å²) in [6.07, 6.45) is 2.93. The molecular weight excluding hydrogens is 266 g/mol. The SMILES string of the molecule is Cc1cc(N)ccc1N1CCC=C(N2CCOCC2)C1=O. The topological polar surface area (TPSA) is 58.8 Å². The number of anilines is 2. The van der Waals surface area contributed by atoms with Crippen LogP contribution in [0.15, 0.2) is 30.0 Å². The lowest BCUT2D eigenvalue weighted by Gasteiger charge is -2.36. The van der Waals surface area contributed by atoms with E-state index >= 15 is 0 Å². The zero-order valence-electron chi connectivity index (χ0n) is 12.3. The highest BCUT2D eigenvalue weighted by atomic mass is 16.5. The molecule has 1 amide bonds. The summed E-state index contributed by atoms with van der Waals surface area (Å²) in [4.78, 5) is 16.8. The van der Waals surface area contributed by atoms with Crippen molar-refractivity contribution in [1.82, 2.24) is 4.90 Å². The predicted molar refractivity (Wildman–Crippen MR) is 83.0 cm³/mol. The number of aryl methyl sites for hydroxylation is 1. The number of carbonyl (C=O) groups is 1. The second-order valence-electron chi connectivity index (χ2n) is 5.48. The molecule has 1 aromatic rings. The molecule has 3 rings (SSSR count). The van der Waals surface area contributed by atoms with Crippen molar-refractivity contribution in [3.63, 3.8) is 0 Å². The van der Waals surface area contributed by atoms with Gasteiger partial charge in [-0.25, -0.2) is 0 Å². The van der Waals surface area contributed by atoms with Crippen LogP contribution < -0.4 is 10.6 Å². The highest BCUT2D eigenvalue weighted by molar-refractivity contribution is 6.06. The standard InChI is InChI=1S/C16H21N3O2/c1-12-11-13(17)4-5-14(12)19-6-2-3-15(16(19)20)18-7-9-21-10-8-18/h3-5,11H,2,6-10,17H2,1H3. The van der Waals surface area contributed by atoms with Crippen LogP contribution in [-0.4, -0.2) is 43.7 Å². The molecule has 1 fully saturated rings. The Morgan fingerprint density at radius 2 is 1.95 bits per heavy atom. The van der Waals surface area contributed by atoms with Crippen LogP contribution in [0.2, 0.25) is 0 Å². The van der Waals surface area contributed by atoms with Crippen LogP contribution in [0.3, 0.4) is 0 Å². The first-order valence-electron chi connectivity index (χ1n) is 7.37. The van der Waals surface area contributed by atoms with E-state index in [1.165, 1.54) is 0 Å². The molecule has 0 spiro atoms. The van der Waals surface area contributed by atoms with E-state index in [1.807, 2.05) is 30.0 Å². The number of hydrogen-bond donors (Lipinski definition) is 1. The molecule has 2 heterocycles. The number of benzene rings is 1. The van der Waals surface area contributed by atoms with Crippen molar-refractivity contribution >= 4 is 17.3 Å². The monoisotopic (exact) mass is 287 g/mol. The number of ether oxygens (including phenoxy) is 1. The number of rotatable bonds is 2. The lowest BCUT2D eigenvalue weighted by molar-refractivity contribution is -0.117. The maximum absolute atomic E-state index is 12.8. The summed E-state index contributed by atoms with van der Waals surface area (Å²) in [7, 11) is 0. The zero-order chi connectivity index (χ0) is 14.8. The van der Waals surface area contributed by atoms with Gasteiger partial charge in [-0.05, 0) is 37.1 Å². The van der Waals surface area contributed by atoms with Crippen molar-refractivity contribution in [2.75, 3.05) is 43.5 Å². The number of morpholine rings is 1. The van der Waals surface area contributed by atoms with Crippen molar-refractivity contribution < 1.29 is 9.53 Å². The third-order valence-electron chi connectivity index (χ3n) is 4.02. The summed E-state index contributed by atoms with van der Waals surface area (Å²) in [5, 5.41) is 0. The Bertz CT molecular complexity index is 577. The van der Waals surface area contributed by atoms with Gasteiger partial charge in [0.2, 0.25) is 0 Å². The average Bonchev–Trinajstić information content (AvgIpc) is 2.49. The molecule has 0 saturated carbocycles. The van der Waals surface area contributed by atoms with E-state index < -0.39 is 0 Å². The molecule has 0 aliphatic carbocycles. The first-order valence-corrected chi connectivity index (χ1v) is 7.37. The third kappa shape index (κ3) is 2.74.